The Bertz CT molecular complexity index is 1140. The molecule has 1 aliphatic heterocycles. The Morgan fingerprint density at radius 1 is 0.964 bits per heavy atom. The van der Waals surface area contributed by atoms with Crippen molar-refractivity contribution < 1.29 is 14.3 Å². The minimum Gasteiger partial charge on any atom is -0.485 e. The molecule has 1 amide bonds. The van der Waals surface area contributed by atoms with E-state index in [9.17, 15) is 4.79 Å². The molecular weight excluding hydrogens is 372 g/mol. The Morgan fingerprint density at radius 2 is 1.71 bits per heavy atom. The summed E-state index contributed by atoms with van der Waals surface area (Å²) in [6.07, 6.45) is -0.710. The van der Waals surface area contributed by atoms with Crippen molar-refractivity contribution in [1.29, 1.82) is 0 Å². The topological polar surface area (TPSA) is 60.5 Å². The zero-order valence-corrected chi connectivity index (χ0v) is 15.6. The number of amides is 1. The van der Waals surface area contributed by atoms with Gasteiger partial charge in [0.1, 0.15) is 11.6 Å². The summed E-state index contributed by atoms with van der Waals surface area (Å²) in [5.74, 6) is 0.984. The maximum Gasteiger partial charge on any atom is 0.269 e. The van der Waals surface area contributed by atoms with Gasteiger partial charge in [-0.1, -0.05) is 36.4 Å². The Kier molecular flexibility index (Phi) is 4.18. The fourth-order valence-corrected chi connectivity index (χ4v) is 4.13. The second-order valence-electron chi connectivity index (χ2n) is 6.39. The number of aromatic nitrogens is 1. The first-order chi connectivity index (χ1) is 13.8. The summed E-state index contributed by atoms with van der Waals surface area (Å²) in [6.45, 7) is 0.173. The summed E-state index contributed by atoms with van der Waals surface area (Å²) in [5, 5.41) is 3.84. The van der Waals surface area contributed by atoms with Crippen LogP contribution in [-0.2, 0) is 4.79 Å². The zero-order valence-electron chi connectivity index (χ0n) is 14.8. The van der Waals surface area contributed by atoms with Crippen LogP contribution in [0.5, 0.6) is 11.5 Å². The van der Waals surface area contributed by atoms with E-state index in [-0.39, 0.29) is 12.5 Å². The summed E-state index contributed by atoms with van der Waals surface area (Å²) < 4.78 is 12.6. The van der Waals surface area contributed by atoms with E-state index in [0.29, 0.717) is 17.2 Å². The second kappa shape index (κ2) is 6.98. The largest absolute Gasteiger partial charge is 0.485 e. The van der Waals surface area contributed by atoms with E-state index in [1.165, 1.54) is 0 Å². The number of nitrogens with one attached hydrogen (secondary N) is 1. The molecule has 0 bridgehead atoms. The monoisotopic (exact) mass is 388 g/mol. The maximum atomic E-state index is 12.8. The minimum atomic E-state index is -0.710. The third kappa shape index (κ3) is 3.08. The first-order valence-corrected chi connectivity index (χ1v) is 9.74. The molecule has 2 heterocycles. The van der Waals surface area contributed by atoms with E-state index < -0.39 is 6.10 Å². The van der Waals surface area contributed by atoms with Gasteiger partial charge < -0.3 is 14.8 Å². The van der Waals surface area contributed by atoms with Gasteiger partial charge in [-0.3, -0.25) is 4.79 Å². The van der Waals surface area contributed by atoms with Gasteiger partial charge >= 0.3 is 0 Å². The lowest BCUT2D eigenvalue weighted by Gasteiger charge is -2.25. The molecule has 0 saturated heterocycles. The maximum absolute atomic E-state index is 12.8. The van der Waals surface area contributed by atoms with Crippen molar-refractivity contribution in [3.8, 4) is 22.1 Å². The van der Waals surface area contributed by atoms with Gasteiger partial charge in [0.2, 0.25) is 6.10 Å². The number of hydrogen-bond acceptors (Lipinski definition) is 5. The molecule has 3 aromatic carbocycles. The Hall–Kier alpha value is -3.38. The standard InChI is InChI=1S/C22H16N2O3S/c25-21(19-13-26-17-10-4-5-11-18(17)27-19)23-15-8-2-1-7-14(15)22-24-16-9-3-6-12-20(16)28-22/h1-12,19H,13H2,(H,23,25). The molecule has 0 spiro atoms. The van der Waals surface area contributed by atoms with Crippen LogP contribution in [0.2, 0.25) is 0 Å². The van der Waals surface area contributed by atoms with Gasteiger partial charge in [-0.05, 0) is 36.4 Å². The number of para-hydroxylation sites is 4. The van der Waals surface area contributed by atoms with E-state index >= 15 is 0 Å². The van der Waals surface area contributed by atoms with E-state index in [4.69, 9.17) is 14.5 Å². The summed E-state index contributed by atoms with van der Waals surface area (Å²) in [5.41, 5.74) is 2.53. The lowest BCUT2D eigenvalue weighted by Crippen LogP contribution is -2.40. The molecule has 5 rings (SSSR count). The fourth-order valence-electron chi connectivity index (χ4n) is 3.13. The highest BCUT2D eigenvalue weighted by Crippen LogP contribution is 2.35. The first-order valence-electron chi connectivity index (χ1n) is 8.92. The van der Waals surface area contributed by atoms with Crippen molar-refractivity contribution in [2.75, 3.05) is 11.9 Å². The first kappa shape index (κ1) is 16.8. The third-order valence-electron chi connectivity index (χ3n) is 4.51. The van der Waals surface area contributed by atoms with Crippen molar-refractivity contribution >= 4 is 33.1 Å². The van der Waals surface area contributed by atoms with E-state index in [0.717, 1.165) is 20.8 Å². The molecule has 0 radical (unpaired) electrons. The van der Waals surface area contributed by atoms with Crippen LogP contribution < -0.4 is 14.8 Å². The van der Waals surface area contributed by atoms with Crippen molar-refractivity contribution in [3.05, 3.63) is 72.8 Å². The molecule has 6 heteroatoms. The fraction of sp³-hybridized carbons (Fsp3) is 0.0909. The van der Waals surface area contributed by atoms with Crippen molar-refractivity contribution in [3.63, 3.8) is 0 Å². The Morgan fingerprint density at radius 3 is 2.61 bits per heavy atom. The average molecular weight is 388 g/mol. The highest BCUT2D eigenvalue weighted by molar-refractivity contribution is 7.21. The lowest BCUT2D eigenvalue weighted by molar-refractivity contribution is -0.125. The number of thiazole rings is 1. The number of carbonyl (C=O) groups excluding carboxylic acids is 1. The number of carbonyl (C=O) groups is 1. The Labute approximate surface area is 165 Å². The number of anilines is 1. The summed E-state index contributed by atoms with van der Waals surface area (Å²) in [7, 11) is 0. The molecule has 28 heavy (non-hydrogen) atoms. The summed E-state index contributed by atoms with van der Waals surface area (Å²) in [4.78, 5) is 17.5. The van der Waals surface area contributed by atoms with E-state index in [1.807, 2.05) is 66.7 Å². The number of nitrogens with zero attached hydrogens (tertiary/aromatic N) is 1. The molecule has 0 aliphatic carbocycles. The molecule has 1 atom stereocenters. The molecule has 4 aromatic rings. The summed E-state index contributed by atoms with van der Waals surface area (Å²) >= 11 is 1.60. The third-order valence-corrected chi connectivity index (χ3v) is 5.58. The van der Waals surface area contributed by atoms with Gasteiger partial charge in [-0.15, -0.1) is 11.3 Å². The molecular formula is C22H16N2O3S. The van der Waals surface area contributed by atoms with Crippen LogP contribution in [0.3, 0.4) is 0 Å². The number of benzene rings is 3. The van der Waals surface area contributed by atoms with Gasteiger partial charge in [0, 0.05) is 5.56 Å². The van der Waals surface area contributed by atoms with Gasteiger partial charge in [0.25, 0.3) is 5.91 Å². The predicted octanol–water partition coefficient (Wildman–Crippen LogP) is 4.74. The SMILES string of the molecule is O=C(Nc1ccccc1-c1nc2ccccc2s1)C1COc2ccccc2O1. The van der Waals surface area contributed by atoms with Gasteiger partial charge in [0.05, 0.1) is 15.9 Å². The van der Waals surface area contributed by atoms with Crippen LogP contribution >= 0.6 is 11.3 Å². The van der Waals surface area contributed by atoms with Crippen LogP contribution in [0.25, 0.3) is 20.8 Å². The number of ether oxygens (including phenoxy) is 2. The van der Waals surface area contributed by atoms with Crippen LogP contribution in [0.15, 0.2) is 72.8 Å². The number of rotatable bonds is 3. The van der Waals surface area contributed by atoms with E-state index in [1.54, 1.807) is 17.4 Å². The van der Waals surface area contributed by atoms with Crippen LogP contribution in [-0.4, -0.2) is 23.6 Å². The molecule has 1 N–H and O–H groups in total. The van der Waals surface area contributed by atoms with Gasteiger partial charge in [0.15, 0.2) is 11.5 Å². The average Bonchev–Trinajstić information content (AvgIpc) is 3.18. The number of fused-ring (bicyclic) bond motifs is 2. The van der Waals surface area contributed by atoms with Gasteiger partial charge in [-0.2, -0.15) is 0 Å². The normalized spacial score (nSPS) is 15.4. The highest BCUT2D eigenvalue weighted by Gasteiger charge is 2.28. The second-order valence-corrected chi connectivity index (χ2v) is 7.42. The van der Waals surface area contributed by atoms with Crippen molar-refractivity contribution in [2.24, 2.45) is 0 Å². The molecule has 5 nitrogen and oxygen atoms in total. The van der Waals surface area contributed by atoms with Crippen LogP contribution in [0.4, 0.5) is 5.69 Å². The Balaban J connectivity index is 1.41. The molecule has 1 aromatic heterocycles. The van der Waals surface area contributed by atoms with Crippen molar-refractivity contribution in [2.45, 2.75) is 6.10 Å². The smallest absolute Gasteiger partial charge is 0.269 e. The van der Waals surface area contributed by atoms with Gasteiger partial charge in [-0.25, -0.2) is 4.98 Å². The van der Waals surface area contributed by atoms with E-state index in [2.05, 4.69) is 5.32 Å². The summed E-state index contributed by atoms with van der Waals surface area (Å²) in [6, 6.07) is 23.0. The minimum absolute atomic E-state index is 0.173. The molecule has 1 unspecified atom stereocenters. The number of hydrogen-bond donors (Lipinski definition) is 1. The van der Waals surface area contributed by atoms with Crippen molar-refractivity contribution in [1.82, 2.24) is 4.98 Å². The highest BCUT2D eigenvalue weighted by atomic mass is 32.1. The molecule has 1 aliphatic rings. The zero-order chi connectivity index (χ0) is 18.9. The molecule has 138 valence electrons. The van der Waals surface area contributed by atoms with Crippen LogP contribution in [0.1, 0.15) is 0 Å². The molecule has 0 fully saturated rings. The van der Waals surface area contributed by atoms with Crippen LogP contribution in [0, 0.1) is 0 Å². The quantitative estimate of drug-likeness (QED) is 0.551. The molecule has 0 saturated carbocycles. The lowest BCUT2D eigenvalue weighted by atomic mass is 10.1. The predicted molar refractivity (Wildman–Crippen MR) is 110 cm³/mol.